The predicted octanol–water partition coefficient (Wildman–Crippen LogP) is 2.16. The van der Waals surface area contributed by atoms with Gasteiger partial charge in [-0.15, -0.1) is 0 Å². The second-order valence-electron chi connectivity index (χ2n) is 5.65. The first-order valence-corrected chi connectivity index (χ1v) is 7.54. The van der Waals surface area contributed by atoms with Crippen molar-refractivity contribution in [2.75, 3.05) is 20.8 Å². The number of ether oxygens (including phenoxy) is 2. The van der Waals surface area contributed by atoms with Crippen LogP contribution in [0.4, 0.5) is 0 Å². The summed E-state index contributed by atoms with van der Waals surface area (Å²) in [5.74, 6) is -1.95. The minimum absolute atomic E-state index is 0.117. The Hall–Kier alpha value is -2.08. The molecule has 122 valence electrons. The van der Waals surface area contributed by atoms with Gasteiger partial charge in [-0.3, -0.25) is 9.59 Å². The van der Waals surface area contributed by atoms with Crippen LogP contribution >= 0.6 is 11.6 Å². The first-order valence-electron chi connectivity index (χ1n) is 7.16. The number of carbonyl (C=O) groups excluding carboxylic acids is 2. The summed E-state index contributed by atoms with van der Waals surface area (Å²) in [6.07, 6.45) is 0.248. The summed E-state index contributed by atoms with van der Waals surface area (Å²) in [7, 11) is 2.52. The molecule has 1 heterocycles. The van der Waals surface area contributed by atoms with Gasteiger partial charge in [0.1, 0.15) is 6.61 Å². The Morgan fingerprint density at radius 3 is 2.39 bits per heavy atom. The number of methoxy groups -OCH3 is 2. The number of nitrogens with zero attached hydrogens (tertiary/aromatic N) is 1. The van der Waals surface area contributed by atoms with Crippen molar-refractivity contribution in [2.45, 2.75) is 12.3 Å². The van der Waals surface area contributed by atoms with Crippen LogP contribution in [0.2, 0.25) is 5.02 Å². The smallest absolute Gasteiger partial charge is 0.324 e. The van der Waals surface area contributed by atoms with Crippen LogP contribution in [0.15, 0.2) is 29.4 Å². The van der Waals surface area contributed by atoms with Crippen molar-refractivity contribution >= 4 is 29.3 Å². The Balaban J connectivity index is 2.17. The minimum atomic E-state index is -1.45. The molecule has 1 saturated carbocycles. The number of oxime groups is 1. The van der Waals surface area contributed by atoms with Gasteiger partial charge in [0.25, 0.3) is 0 Å². The maximum Gasteiger partial charge on any atom is 0.324 e. The Morgan fingerprint density at radius 1 is 1.22 bits per heavy atom. The second kappa shape index (κ2) is 5.85. The average molecular weight is 338 g/mol. The molecular weight excluding hydrogens is 322 g/mol. The van der Waals surface area contributed by atoms with Gasteiger partial charge in [-0.25, -0.2) is 0 Å². The quantitative estimate of drug-likeness (QED) is 0.624. The summed E-state index contributed by atoms with van der Waals surface area (Å²) in [4.78, 5) is 30.3. The summed E-state index contributed by atoms with van der Waals surface area (Å²) in [5.41, 5.74) is -0.0370. The second-order valence-corrected chi connectivity index (χ2v) is 6.09. The van der Waals surface area contributed by atoms with E-state index in [0.29, 0.717) is 17.3 Å². The number of hydrogen-bond donors (Lipinski definition) is 0. The fourth-order valence-electron chi connectivity index (χ4n) is 3.53. The zero-order valence-electron chi connectivity index (χ0n) is 12.7. The predicted molar refractivity (Wildman–Crippen MR) is 82.2 cm³/mol. The topological polar surface area (TPSA) is 74.2 Å². The maximum absolute atomic E-state index is 12.6. The SMILES string of the molecule is COC(=O)C1(C(=O)OC)C[C@H]2CON=C2[C@H]1c1ccc(Cl)cc1. The normalized spacial score (nSPS) is 24.4. The zero-order valence-corrected chi connectivity index (χ0v) is 13.5. The molecule has 1 fully saturated rings. The van der Waals surface area contributed by atoms with E-state index in [-0.39, 0.29) is 12.3 Å². The highest BCUT2D eigenvalue weighted by Gasteiger charge is 2.64. The van der Waals surface area contributed by atoms with Gasteiger partial charge < -0.3 is 14.3 Å². The van der Waals surface area contributed by atoms with Gasteiger partial charge in [-0.05, 0) is 24.1 Å². The molecule has 6 nitrogen and oxygen atoms in total. The highest BCUT2D eigenvalue weighted by molar-refractivity contribution is 6.30. The van der Waals surface area contributed by atoms with E-state index in [9.17, 15) is 9.59 Å². The molecule has 3 rings (SSSR count). The molecule has 0 bridgehead atoms. The lowest BCUT2D eigenvalue weighted by Gasteiger charge is -2.30. The van der Waals surface area contributed by atoms with E-state index in [2.05, 4.69) is 5.16 Å². The largest absolute Gasteiger partial charge is 0.468 e. The first-order chi connectivity index (χ1) is 11.0. The molecule has 0 spiro atoms. The summed E-state index contributed by atoms with van der Waals surface area (Å²) in [6, 6.07) is 6.97. The number of benzene rings is 1. The van der Waals surface area contributed by atoms with Crippen molar-refractivity contribution in [3.05, 3.63) is 34.9 Å². The third kappa shape index (κ3) is 2.28. The van der Waals surface area contributed by atoms with Gasteiger partial charge in [-0.1, -0.05) is 28.9 Å². The van der Waals surface area contributed by atoms with Crippen LogP contribution in [0.1, 0.15) is 17.9 Å². The number of fused-ring (bicyclic) bond motifs is 1. The molecule has 1 aliphatic heterocycles. The fraction of sp³-hybridized carbons (Fsp3) is 0.438. The molecule has 0 saturated heterocycles. The maximum atomic E-state index is 12.6. The number of hydrogen-bond acceptors (Lipinski definition) is 6. The lowest BCUT2D eigenvalue weighted by molar-refractivity contribution is -0.170. The summed E-state index contributed by atoms with van der Waals surface area (Å²) in [6.45, 7) is 0.342. The fourth-order valence-corrected chi connectivity index (χ4v) is 3.66. The van der Waals surface area contributed by atoms with E-state index in [1.54, 1.807) is 24.3 Å². The van der Waals surface area contributed by atoms with Crippen molar-refractivity contribution in [1.82, 2.24) is 0 Å². The van der Waals surface area contributed by atoms with Crippen molar-refractivity contribution in [1.29, 1.82) is 0 Å². The summed E-state index contributed by atoms with van der Waals surface area (Å²) >= 11 is 5.94. The standard InChI is InChI=1S/C16H16ClNO5/c1-21-14(19)16(15(20)22-2)7-10-8-23-18-13(10)12(16)9-3-5-11(17)6-4-9/h3-6,10,12H,7-8H2,1-2H3/t10-,12+/m0/s1. The van der Waals surface area contributed by atoms with Crippen LogP contribution in [0.3, 0.4) is 0 Å². The van der Waals surface area contributed by atoms with E-state index in [1.165, 1.54) is 14.2 Å². The van der Waals surface area contributed by atoms with Gasteiger partial charge in [0.15, 0.2) is 5.41 Å². The molecule has 2 aliphatic rings. The Morgan fingerprint density at radius 2 is 1.83 bits per heavy atom. The molecule has 1 aromatic carbocycles. The van der Waals surface area contributed by atoms with Gasteiger partial charge in [-0.2, -0.15) is 0 Å². The monoisotopic (exact) mass is 337 g/mol. The van der Waals surface area contributed by atoms with Crippen LogP contribution in [0.25, 0.3) is 0 Å². The van der Waals surface area contributed by atoms with E-state index < -0.39 is 23.3 Å². The molecule has 0 N–H and O–H groups in total. The molecule has 0 unspecified atom stereocenters. The molecule has 0 aromatic heterocycles. The van der Waals surface area contributed by atoms with Gasteiger partial charge in [0, 0.05) is 10.9 Å². The van der Waals surface area contributed by atoms with E-state index in [4.69, 9.17) is 25.9 Å². The highest BCUT2D eigenvalue weighted by Crippen LogP contribution is 2.53. The van der Waals surface area contributed by atoms with Crippen molar-refractivity contribution < 1.29 is 23.9 Å². The van der Waals surface area contributed by atoms with Crippen molar-refractivity contribution in [3.8, 4) is 0 Å². The van der Waals surface area contributed by atoms with Crippen LogP contribution in [-0.4, -0.2) is 38.5 Å². The Kier molecular flexibility index (Phi) is 4.02. The molecule has 0 radical (unpaired) electrons. The third-order valence-electron chi connectivity index (χ3n) is 4.52. The Bertz CT molecular complexity index is 654. The molecule has 0 amide bonds. The number of esters is 2. The first kappa shape index (κ1) is 15.8. The van der Waals surface area contributed by atoms with Crippen LogP contribution < -0.4 is 0 Å². The molecule has 7 heteroatoms. The number of halogens is 1. The van der Waals surface area contributed by atoms with E-state index in [1.807, 2.05) is 0 Å². The van der Waals surface area contributed by atoms with Crippen molar-refractivity contribution in [3.63, 3.8) is 0 Å². The Labute approximate surface area is 138 Å². The lowest BCUT2D eigenvalue weighted by Crippen LogP contribution is -2.44. The number of rotatable bonds is 3. The van der Waals surface area contributed by atoms with Gasteiger partial charge >= 0.3 is 11.9 Å². The molecular formula is C16H16ClNO5. The molecule has 23 heavy (non-hydrogen) atoms. The third-order valence-corrected chi connectivity index (χ3v) is 4.78. The highest BCUT2D eigenvalue weighted by atomic mass is 35.5. The van der Waals surface area contributed by atoms with Crippen molar-refractivity contribution in [2.24, 2.45) is 16.5 Å². The average Bonchev–Trinajstić information content (AvgIpc) is 3.13. The van der Waals surface area contributed by atoms with E-state index >= 15 is 0 Å². The van der Waals surface area contributed by atoms with Crippen LogP contribution in [0, 0.1) is 11.3 Å². The van der Waals surface area contributed by atoms with Crippen LogP contribution in [0.5, 0.6) is 0 Å². The molecule has 1 aromatic rings. The zero-order chi connectivity index (χ0) is 16.6. The van der Waals surface area contributed by atoms with E-state index in [0.717, 1.165) is 5.56 Å². The lowest BCUT2D eigenvalue weighted by atomic mass is 9.73. The molecule has 1 aliphatic carbocycles. The van der Waals surface area contributed by atoms with Gasteiger partial charge in [0.05, 0.1) is 25.8 Å². The van der Waals surface area contributed by atoms with Crippen LogP contribution in [-0.2, 0) is 23.9 Å². The number of carbonyl (C=O) groups is 2. The minimum Gasteiger partial charge on any atom is -0.468 e. The van der Waals surface area contributed by atoms with Gasteiger partial charge in [0.2, 0.25) is 0 Å². The summed E-state index contributed by atoms with van der Waals surface area (Å²) < 4.78 is 9.88. The molecule has 2 atom stereocenters. The summed E-state index contributed by atoms with van der Waals surface area (Å²) in [5, 5.41) is 4.64.